The van der Waals surface area contributed by atoms with Crippen molar-refractivity contribution in [2.45, 2.75) is 38.9 Å². The van der Waals surface area contributed by atoms with Gasteiger partial charge in [-0.05, 0) is 51.4 Å². The van der Waals surface area contributed by atoms with Crippen LogP contribution in [0, 0.1) is 0 Å². The van der Waals surface area contributed by atoms with Crippen molar-refractivity contribution in [3.8, 4) is 0 Å². The molecule has 4 nitrogen and oxygen atoms in total. The van der Waals surface area contributed by atoms with E-state index in [4.69, 9.17) is 9.07 Å². The van der Waals surface area contributed by atoms with Crippen molar-refractivity contribution in [3.63, 3.8) is 0 Å². The van der Waals surface area contributed by atoms with Crippen molar-refractivity contribution < 1.29 is 14.2 Å². The maximum absolute atomic E-state index is 10.2. The summed E-state index contributed by atoms with van der Waals surface area (Å²) in [5, 5.41) is 11.2. The minimum Gasteiger partial charge on any atom is -0.454 e. The molecule has 3 rings (SSSR count). The van der Waals surface area contributed by atoms with Gasteiger partial charge in [-0.25, -0.2) is 0 Å². The fraction of sp³-hybridized carbons (Fsp3) is 0.353. The summed E-state index contributed by atoms with van der Waals surface area (Å²) >= 11 is 0. The smallest absolute Gasteiger partial charge is 0.310 e. The molecule has 0 spiro atoms. The van der Waals surface area contributed by atoms with Crippen molar-refractivity contribution in [1.29, 1.82) is 0 Å². The summed E-state index contributed by atoms with van der Waals surface area (Å²) in [7, 11) is 0.388. The number of aromatic nitrogens is 1. The fourth-order valence-corrected chi connectivity index (χ4v) is 2.26. The van der Waals surface area contributed by atoms with Crippen molar-refractivity contribution >= 4 is 35.0 Å². The number of rotatable bonds is 4. The van der Waals surface area contributed by atoms with Gasteiger partial charge < -0.3 is 14.2 Å². The molecule has 0 saturated carbocycles. The van der Waals surface area contributed by atoms with Crippen LogP contribution in [0.15, 0.2) is 40.9 Å². The number of benzene rings is 1. The summed E-state index contributed by atoms with van der Waals surface area (Å²) < 4.78 is 11.8. The first-order valence-corrected chi connectivity index (χ1v) is 7.41. The average Bonchev–Trinajstić information content (AvgIpc) is 2.83. The van der Waals surface area contributed by atoms with Crippen LogP contribution >= 0.6 is 0 Å². The van der Waals surface area contributed by atoms with E-state index >= 15 is 0 Å². The normalized spacial score (nSPS) is 13.0. The highest BCUT2D eigenvalue weighted by Crippen LogP contribution is 2.27. The molecule has 0 aliphatic carbocycles. The van der Waals surface area contributed by atoms with E-state index in [0.29, 0.717) is 7.48 Å². The number of nitrogens with zero attached hydrogens (tertiary/aromatic N) is 1. The molecule has 2 aromatic heterocycles. The molecule has 0 bridgehead atoms. The maximum Gasteiger partial charge on any atom is 0.310 e. The predicted octanol–water partition coefficient (Wildman–Crippen LogP) is 2.52. The van der Waals surface area contributed by atoms with Crippen LogP contribution in [0.1, 0.15) is 27.7 Å². The molecule has 2 heterocycles. The molecular formula is C17H20BNO3. The third-order valence-corrected chi connectivity index (χ3v) is 4.40. The lowest BCUT2D eigenvalue weighted by molar-refractivity contribution is -0.0893. The molecule has 22 heavy (non-hydrogen) atoms. The first kappa shape index (κ1) is 15.1. The predicted molar refractivity (Wildman–Crippen MR) is 89.8 cm³/mol. The standard InChI is InChI=1S/C17H20BNO3/c1-16(2,20)17(3,4)22-18-11-7-5-8-12-14(11)15-13(21-12)9-6-10-19-15/h5-10,18,20H,1-4H3. The van der Waals surface area contributed by atoms with E-state index < -0.39 is 11.2 Å². The second-order valence-corrected chi connectivity index (χ2v) is 6.60. The van der Waals surface area contributed by atoms with Gasteiger partial charge in [0.2, 0.25) is 0 Å². The first-order valence-electron chi connectivity index (χ1n) is 7.41. The summed E-state index contributed by atoms with van der Waals surface area (Å²) in [5.74, 6) is 0. The molecule has 0 atom stereocenters. The van der Waals surface area contributed by atoms with Crippen LogP contribution in [0.5, 0.6) is 0 Å². The van der Waals surface area contributed by atoms with Crippen LogP contribution in [0.2, 0.25) is 0 Å². The Morgan fingerprint density at radius 1 is 1.09 bits per heavy atom. The zero-order valence-electron chi connectivity index (χ0n) is 13.4. The van der Waals surface area contributed by atoms with Gasteiger partial charge in [0.05, 0.1) is 11.2 Å². The van der Waals surface area contributed by atoms with E-state index in [1.54, 1.807) is 20.0 Å². The van der Waals surface area contributed by atoms with Crippen LogP contribution in [0.25, 0.3) is 22.1 Å². The minimum atomic E-state index is -0.933. The Hall–Kier alpha value is -1.85. The minimum absolute atomic E-state index is 0.388. The molecule has 1 N–H and O–H groups in total. The Balaban J connectivity index is 2.01. The highest BCUT2D eigenvalue weighted by Gasteiger charge is 2.35. The number of aliphatic hydroxyl groups is 1. The van der Waals surface area contributed by atoms with Crippen molar-refractivity contribution in [1.82, 2.24) is 4.98 Å². The molecule has 3 aromatic rings. The topological polar surface area (TPSA) is 55.5 Å². The van der Waals surface area contributed by atoms with E-state index in [-0.39, 0.29) is 0 Å². The van der Waals surface area contributed by atoms with Crippen molar-refractivity contribution in [2.24, 2.45) is 0 Å². The maximum atomic E-state index is 10.2. The fourth-order valence-electron chi connectivity index (χ4n) is 2.26. The molecule has 0 unspecified atom stereocenters. The molecule has 114 valence electrons. The lowest BCUT2D eigenvalue weighted by atomic mass is 9.81. The molecule has 0 amide bonds. The van der Waals surface area contributed by atoms with Gasteiger partial charge in [-0.2, -0.15) is 0 Å². The Bertz CT molecular complexity index is 817. The van der Waals surface area contributed by atoms with Gasteiger partial charge in [0.1, 0.15) is 11.1 Å². The van der Waals surface area contributed by atoms with Crippen LogP contribution in [0.3, 0.4) is 0 Å². The van der Waals surface area contributed by atoms with E-state index in [0.717, 1.165) is 27.5 Å². The van der Waals surface area contributed by atoms with Gasteiger partial charge in [0.15, 0.2) is 5.58 Å². The Kier molecular flexibility index (Phi) is 3.50. The van der Waals surface area contributed by atoms with Crippen LogP contribution in [-0.4, -0.2) is 28.8 Å². The molecule has 0 aliphatic heterocycles. The highest BCUT2D eigenvalue weighted by atomic mass is 16.5. The summed E-state index contributed by atoms with van der Waals surface area (Å²) in [6, 6.07) is 9.65. The van der Waals surface area contributed by atoms with E-state index in [2.05, 4.69) is 4.98 Å². The van der Waals surface area contributed by atoms with Gasteiger partial charge in [-0.1, -0.05) is 12.1 Å². The molecule has 0 radical (unpaired) electrons. The molecule has 0 fully saturated rings. The van der Waals surface area contributed by atoms with Gasteiger partial charge in [0.25, 0.3) is 0 Å². The second kappa shape index (κ2) is 5.11. The molecule has 0 aliphatic rings. The Morgan fingerprint density at radius 3 is 2.55 bits per heavy atom. The summed E-state index contributed by atoms with van der Waals surface area (Å²) in [6.45, 7) is 7.28. The molecule has 5 heteroatoms. The zero-order valence-corrected chi connectivity index (χ0v) is 13.4. The zero-order chi connectivity index (χ0) is 16.0. The third-order valence-electron chi connectivity index (χ3n) is 4.40. The SMILES string of the molecule is CC(C)(O)C(C)(C)OBc1cccc2oc3cccnc3c12. The van der Waals surface area contributed by atoms with Crippen LogP contribution < -0.4 is 5.46 Å². The Morgan fingerprint density at radius 2 is 1.82 bits per heavy atom. The van der Waals surface area contributed by atoms with Gasteiger partial charge in [-0.15, -0.1) is 0 Å². The Labute approximate surface area is 130 Å². The largest absolute Gasteiger partial charge is 0.454 e. The van der Waals surface area contributed by atoms with E-state index in [1.165, 1.54) is 0 Å². The highest BCUT2D eigenvalue weighted by molar-refractivity contribution is 6.52. The number of pyridine rings is 1. The summed E-state index contributed by atoms with van der Waals surface area (Å²) in [4.78, 5) is 4.42. The number of hydrogen-bond acceptors (Lipinski definition) is 4. The van der Waals surface area contributed by atoms with Crippen LogP contribution in [0.4, 0.5) is 0 Å². The number of fused-ring (bicyclic) bond motifs is 3. The second-order valence-electron chi connectivity index (χ2n) is 6.60. The average molecular weight is 297 g/mol. The third kappa shape index (κ3) is 2.51. The molecule has 1 aromatic carbocycles. The van der Waals surface area contributed by atoms with E-state index in [1.807, 2.05) is 44.2 Å². The molecular weight excluding hydrogens is 277 g/mol. The number of hydrogen-bond donors (Lipinski definition) is 1. The van der Waals surface area contributed by atoms with Gasteiger partial charge >= 0.3 is 7.48 Å². The quantitative estimate of drug-likeness (QED) is 0.752. The van der Waals surface area contributed by atoms with Crippen molar-refractivity contribution in [2.75, 3.05) is 0 Å². The number of furan rings is 1. The monoisotopic (exact) mass is 297 g/mol. The van der Waals surface area contributed by atoms with Crippen LogP contribution in [-0.2, 0) is 4.65 Å². The van der Waals surface area contributed by atoms with E-state index in [9.17, 15) is 5.11 Å². The lowest BCUT2D eigenvalue weighted by Crippen LogP contribution is -2.49. The van der Waals surface area contributed by atoms with Crippen molar-refractivity contribution in [3.05, 3.63) is 36.5 Å². The van der Waals surface area contributed by atoms with Gasteiger partial charge in [-0.3, -0.25) is 4.98 Å². The summed E-state index contributed by atoms with van der Waals surface area (Å²) in [5.41, 5.74) is 1.83. The molecule has 0 saturated heterocycles. The lowest BCUT2D eigenvalue weighted by Gasteiger charge is -2.37. The summed E-state index contributed by atoms with van der Waals surface area (Å²) in [6.07, 6.45) is 1.76. The first-order chi connectivity index (χ1) is 10.3. The van der Waals surface area contributed by atoms with Gasteiger partial charge in [0, 0.05) is 11.6 Å².